The number of hydrogen-bond donors (Lipinski definition) is 2. The molecule has 6 nitrogen and oxygen atoms in total. The summed E-state index contributed by atoms with van der Waals surface area (Å²) in [6, 6.07) is 18.1. The Morgan fingerprint density at radius 1 is 1.15 bits per heavy atom. The second-order valence-corrected chi connectivity index (χ2v) is 6.56. The van der Waals surface area contributed by atoms with Gasteiger partial charge in [0.2, 0.25) is 5.91 Å². The average Bonchev–Trinajstić information content (AvgIpc) is 3.30. The standard InChI is InChI=1S/C20H21N5O/c1-25(13-18-22-20(24-23-18)14-7-3-2-4-8-14)19(26)11-17-16-10-6-5-9-15(16)12-21-17/h2-10,17,21H,11-13H2,1H3,(H,22,23,24). The van der Waals surface area contributed by atoms with Crippen molar-refractivity contribution in [2.24, 2.45) is 0 Å². The normalized spacial score (nSPS) is 15.7. The Morgan fingerprint density at radius 2 is 1.92 bits per heavy atom. The van der Waals surface area contributed by atoms with Gasteiger partial charge in [-0.25, -0.2) is 4.98 Å². The first kappa shape index (κ1) is 16.5. The highest BCUT2D eigenvalue weighted by Crippen LogP contribution is 2.27. The maximum absolute atomic E-state index is 12.6. The SMILES string of the molecule is CN(Cc1nc(-c2ccccc2)n[nH]1)C(=O)CC1NCc2ccccc21. The number of carbonyl (C=O) groups is 1. The number of aromatic amines is 1. The summed E-state index contributed by atoms with van der Waals surface area (Å²) in [5.74, 6) is 1.41. The highest BCUT2D eigenvalue weighted by atomic mass is 16.2. The Labute approximate surface area is 152 Å². The van der Waals surface area contributed by atoms with Crippen LogP contribution < -0.4 is 5.32 Å². The second-order valence-electron chi connectivity index (χ2n) is 6.56. The van der Waals surface area contributed by atoms with Crippen LogP contribution in [-0.4, -0.2) is 33.0 Å². The van der Waals surface area contributed by atoms with Gasteiger partial charge in [0.25, 0.3) is 0 Å². The van der Waals surface area contributed by atoms with Crippen molar-refractivity contribution in [2.75, 3.05) is 7.05 Å². The number of rotatable bonds is 5. The van der Waals surface area contributed by atoms with Crippen molar-refractivity contribution in [3.63, 3.8) is 0 Å². The number of nitrogens with zero attached hydrogens (tertiary/aromatic N) is 3. The number of carbonyl (C=O) groups excluding carboxylic acids is 1. The van der Waals surface area contributed by atoms with Crippen molar-refractivity contribution >= 4 is 5.91 Å². The van der Waals surface area contributed by atoms with Crippen molar-refractivity contribution in [3.8, 4) is 11.4 Å². The number of nitrogens with one attached hydrogen (secondary N) is 2. The van der Waals surface area contributed by atoms with Crippen molar-refractivity contribution in [1.29, 1.82) is 0 Å². The Kier molecular flexibility index (Phi) is 4.50. The van der Waals surface area contributed by atoms with Gasteiger partial charge in [-0.1, -0.05) is 54.6 Å². The largest absolute Gasteiger partial charge is 0.338 e. The van der Waals surface area contributed by atoms with Crippen molar-refractivity contribution < 1.29 is 4.79 Å². The van der Waals surface area contributed by atoms with E-state index in [1.807, 2.05) is 42.5 Å². The van der Waals surface area contributed by atoms with Gasteiger partial charge in [0.05, 0.1) is 6.54 Å². The summed E-state index contributed by atoms with van der Waals surface area (Å²) in [6.07, 6.45) is 0.438. The first-order valence-electron chi connectivity index (χ1n) is 8.72. The van der Waals surface area contributed by atoms with Crippen molar-refractivity contribution in [2.45, 2.75) is 25.6 Å². The summed E-state index contributed by atoms with van der Waals surface area (Å²) in [5.41, 5.74) is 3.45. The van der Waals surface area contributed by atoms with E-state index >= 15 is 0 Å². The third kappa shape index (κ3) is 3.36. The minimum atomic E-state index is 0.0794. The number of aromatic nitrogens is 3. The lowest BCUT2D eigenvalue weighted by molar-refractivity contribution is -0.131. The fourth-order valence-corrected chi connectivity index (χ4v) is 3.29. The minimum absolute atomic E-state index is 0.0794. The molecule has 26 heavy (non-hydrogen) atoms. The molecule has 1 aromatic heterocycles. The Balaban J connectivity index is 1.39. The van der Waals surface area contributed by atoms with Crippen LogP contribution in [0, 0.1) is 0 Å². The van der Waals surface area contributed by atoms with E-state index in [1.165, 1.54) is 11.1 Å². The first-order valence-corrected chi connectivity index (χ1v) is 8.72. The second kappa shape index (κ2) is 7.09. The van der Waals surface area contributed by atoms with Crippen LogP contribution in [0.1, 0.15) is 29.4 Å². The molecule has 2 N–H and O–H groups in total. The molecule has 0 aliphatic carbocycles. The fourth-order valence-electron chi connectivity index (χ4n) is 3.29. The lowest BCUT2D eigenvalue weighted by Crippen LogP contribution is -2.30. The van der Waals surface area contributed by atoms with Gasteiger partial charge < -0.3 is 10.2 Å². The van der Waals surface area contributed by atoms with Crippen LogP contribution in [0.5, 0.6) is 0 Å². The molecule has 132 valence electrons. The van der Waals surface area contributed by atoms with Crippen LogP contribution in [0.15, 0.2) is 54.6 Å². The summed E-state index contributed by atoms with van der Waals surface area (Å²) < 4.78 is 0. The first-order chi connectivity index (χ1) is 12.7. The fraction of sp³-hybridized carbons (Fsp3) is 0.250. The smallest absolute Gasteiger partial charge is 0.224 e. The van der Waals surface area contributed by atoms with Gasteiger partial charge in [0, 0.05) is 31.6 Å². The molecule has 0 radical (unpaired) electrons. The molecular formula is C20H21N5O. The van der Waals surface area contributed by atoms with Gasteiger partial charge in [-0.15, -0.1) is 0 Å². The van der Waals surface area contributed by atoms with Gasteiger partial charge in [0.15, 0.2) is 5.82 Å². The number of benzene rings is 2. The molecule has 2 heterocycles. The van der Waals surface area contributed by atoms with Gasteiger partial charge in [0.1, 0.15) is 5.82 Å². The maximum atomic E-state index is 12.6. The zero-order valence-electron chi connectivity index (χ0n) is 14.6. The summed E-state index contributed by atoms with van der Waals surface area (Å²) in [4.78, 5) is 18.8. The lowest BCUT2D eigenvalue weighted by atomic mass is 10.0. The Bertz CT molecular complexity index is 905. The van der Waals surface area contributed by atoms with E-state index in [4.69, 9.17) is 0 Å². The van der Waals surface area contributed by atoms with E-state index in [0.29, 0.717) is 24.6 Å². The number of H-pyrrole nitrogens is 1. The van der Waals surface area contributed by atoms with Gasteiger partial charge in [-0.2, -0.15) is 5.10 Å². The minimum Gasteiger partial charge on any atom is -0.338 e. The van der Waals surface area contributed by atoms with E-state index < -0.39 is 0 Å². The predicted octanol–water partition coefficient (Wildman–Crippen LogP) is 2.66. The molecule has 1 amide bonds. The number of hydrogen-bond acceptors (Lipinski definition) is 4. The highest BCUT2D eigenvalue weighted by molar-refractivity contribution is 5.77. The van der Waals surface area contributed by atoms with Crippen LogP contribution in [0.3, 0.4) is 0 Å². The number of fused-ring (bicyclic) bond motifs is 1. The molecule has 0 spiro atoms. The molecule has 1 aliphatic heterocycles. The highest BCUT2D eigenvalue weighted by Gasteiger charge is 2.25. The maximum Gasteiger partial charge on any atom is 0.224 e. The molecule has 6 heteroatoms. The molecular weight excluding hydrogens is 326 g/mol. The monoisotopic (exact) mass is 347 g/mol. The molecule has 3 aromatic rings. The molecule has 1 aliphatic rings. The molecule has 0 saturated heterocycles. The summed E-state index contributed by atoms with van der Waals surface area (Å²) in [6.45, 7) is 1.23. The summed E-state index contributed by atoms with van der Waals surface area (Å²) >= 11 is 0. The van der Waals surface area contributed by atoms with Crippen LogP contribution >= 0.6 is 0 Å². The third-order valence-electron chi connectivity index (χ3n) is 4.72. The van der Waals surface area contributed by atoms with E-state index in [0.717, 1.165) is 12.1 Å². The van der Waals surface area contributed by atoms with Gasteiger partial charge in [-0.3, -0.25) is 9.89 Å². The summed E-state index contributed by atoms with van der Waals surface area (Å²) in [5, 5.41) is 10.6. The zero-order valence-corrected chi connectivity index (χ0v) is 14.6. The Morgan fingerprint density at radius 3 is 2.77 bits per heavy atom. The molecule has 0 fully saturated rings. The molecule has 0 bridgehead atoms. The van der Waals surface area contributed by atoms with Crippen LogP contribution in [-0.2, 0) is 17.9 Å². The quantitative estimate of drug-likeness (QED) is 0.744. The average molecular weight is 347 g/mol. The molecule has 4 rings (SSSR count). The molecule has 1 unspecified atom stereocenters. The third-order valence-corrected chi connectivity index (χ3v) is 4.72. The predicted molar refractivity (Wildman–Crippen MR) is 98.9 cm³/mol. The molecule has 2 aromatic carbocycles. The van der Waals surface area contributed by atoms with E-state index in [9.17, 15) is 4.79 Å². The molecule has 1 atom stereocenters. The van der Waals surface area contributed by atoms with Crippen molar-refractivity contribution in [3.05, 3.63) is 71.5 Å². The topological polar surface area (TPSA) is 73.9 Å². The van der Waals surface area contributed by atoms with Crippen molar-refractivity contribution in [1.82, 2.24) is 25.4 Å². The van der Waals surface area contributed by atoms with Crippen LogP contribution in [0.25, 0.3) is 11.4 Å². The van der Waals surface area contributed by atoms with Gasteiger partial charge in [-0.05, 0) is 11.1 Å². The molecule has 0 saturated carbocycles. The van der Waals surface area contributed by atoms with E-state index in [-0.39, 0.29) is 11.9 Å². The van der Waals surface area contributed by atoms with E-state index in [1.54, 1.807) is 11.9 Å². The van der Waals surface area contributed by atoms with Crippen LogP contribution in [0.4, 0.5) is 0 Å². The van der Waals surface area contributed by atoms with Crippen LogP contribution in [0.2, 0.25) is 0 Å². The Hall–Kier alpha value is -2.99. The van der Waals surface area contributed by atoms with Gasteiger partial charge >= 0.3 is 0 Å². The van der Waals surface area contributed by atoms with E-state index in [2.05, 4.69) is 32.6 Å². The lowest BCUT2D eigenvalue weighted by Gasteiger charge is -2.19. The zero-order chi connectivity index (χ0) is 17.9. The number of amides is 1. The summed E-state index contributed by atoms with van der Waals surface area (Å²) in [7, 11) is 1.80.